The molecule has 1 aromatic carbocycles. The van der Waals surface area contributed by atoms with Crippen molar-refractivity contribution in [1.29, 1.82) is 0 Å². The Balaban J connectivity index is 2.67. The summed E-state index contributed by atoms with van der Waals surface area (Å²) in [5, 5.41) is 14.2. The molecule has 0 aliphatic heterocycles. The number of benzene rings is 1. The molecule has 6 heteroatoms. The molecule has 1 rings (SSSR count). The Morgan fingerprint density at radius 3 is 2.39 bits per heavy atom. The third kappa shape index (κ3) is 3.92. The van der Waals surface area contributed by atoms with Crippen molar-refractivity contribution in [3.8, 4) is 0 Å². The Hall–Kier alpha value is -1.75. The maximum absolute atomic E-state index is 11.6. The van der Waals surface area contributed by atoms with E-state index in [1.165, 1.54) is 0 Å². The molecule has 18 heavy (non-hydrogen) atoms. The lowest BCUT2D eigenvalue weighted by Crippen LogP contribution is -2.46. The Labute approximate surface area is 110 Å². The van der Waals surface area contributed by atoms with Gasteiger partial charge in [-0.05, 0) is 18.1 Å². The van der Waals surface area contributed by atoms with Gasteiger partial charge in [-0.2, -0.15) is 0 Å². The molecule has 0 spiro atoms. The molecule has 98 valence electrons. The van der Waals surface area contributed by atoms with Gasteiger partial charge < -0.3 is 15.7 Å². The van der Waals surface area contributed by atoms with Crippen LogP contribution in [-0.4, -0.2) is 23.1 Å². The van der Waals surface area contributed by atoms with Crippen LogP contribution in [0.1, 0.15) is 13.8 Å². The highest BCUT2D eigenvalue weighted by molar-refractivity contribution is 6.33. The number of hydrogen-bond acceptors (Lipinski definition) is 2. The van der Waals surface area contributed by atoms with Gasteiger partial charge in [-0.25, -0.2) is 9.59 Å². The number of halogens is 1. The van der Waals surface area contributed by atoms with Gasteiger partial charge in [0.25, 0.3) is 0 Å². The normalized spacial score (nSPS) is 12.0. The van der Waals surface area contributed by atoms with Gasteiger partial charge in [0, 0.05) is 0 Å². The molecule has 0 bridgehead atoms. The summed E-state index contributed by atoms with van der Waals surface area (Å²) >= 11 is 5.87. The second kappa shape index (κ2) is 6.26. The first-order valence-corrected chi connectivity index (χ1v) is 5.84. The van der Waals surface area contributed by atoms with Gasteiger partial charge in [0.1, 0.15) is 6.04 Å². The van der Waals surface area contributed by atoms with Gasteiger partial charge in [-0.1, -0.05) is 37.6 Å². The number of rotatable bonds is 4. The molecule has 1 atom stereocenters. The second-order valence-electron chi connectivity index (χ2n) is 4.14. The summed E-state index contributed by atoms with van der Waals surface area (Å²) in [6.07, 6.45) is 0. The zero-order valence-corrected chi connectivity index (χ0v) is 10.9. The summed E-state index contributed by atoms with van der Waals surface area (Å²) in [4.78, 5) is 22.6. The number of anilines is 1. The quantitative estimate of drug-likeness (QED) is 0.787. The average molecular weight is 271 g/mol. The van der Waals surface area contributed by atoms with E-state index in [4.69, 9.17) is 16.7 Å². The van der Waals surface area contributed by atoms with E-state index in [-0.39, 0.29) is 5.92 Å². The summed E-state index contributed by atoms with van der Waals surface area (Å²) < 4.78 is 0. The Morgan fingerprint density at radius 1 is 1.28 bits per heavy atom. The maximum atomic E-state index is 11.6. The Kier molecular flexibility index (Phi) is 4.97. The van der Waals surface area contributed by atoms with Crippen molar-refractivity contribution < 1.29 is 14.7 Å². The van der Waals surface area contributed by atoms with Crippen molar-refractivity contribution in [3.05, 3.63) is 29.3 Å². The van der Waals surface area contributed by atoms with E-state index in [1.54, 1.807) is 38.1 Å². The maximum Gasteiger partial charge on any atom is 0.326 e. The fourth-order valence-corrected chi connectivity index (χ4v) is 1.56. The molecular formula is C12H15ClN2O3. The lowest BCUT2D eigenvalue weighted by atomic mass is 10.1. The number of urea groups is 1. The monoisotopic (exact) mass is 270 g/mol. The van der Waals surface area contributed by atoms with Crippen molar-refractivity contribution in [2.24, 2.45) is 5.92 Å². The first-order chi connectivity index (χ1) is 8.41. The van der Waals surface area contributed by atoms with E-state index in [0.717, 1.165) is 0 Å². The van der Waals surface area contributed by atoms with Crippen LogP contribution in [0, 0.1) is 5.92 Å². The standard InChI is InChI=1S/C12H15ClN2O3/c1-7(2)10(11(16)17)15-12(18)14-9-6-4-3-5-8(9)13/h3-7,10H,1-2H3,(H,16,17)(H2,14,15,18)/t10-/m0/s1. The van der Waals surface area contributed by atoms with Crippen molar-refractivity contribution in [1.82, 2.24) is 5.32 Å². The predicted octanol–water partition coefficient (Wildman–Crippen LogP) is 2.57. The van der Waals surface area contributed by atoms with E-state index >= 15 is 0 Å². The van der Waals surface area contributed by atoms with Crippen LogP contribution < -0.4 is 10.6 Å². The number of hydrogen-bond donors (Lipinski definition) is 3. The van der Waals surface area contributed by atoms with Crippen LogP contribution in [0.3, 0.4) is 0 Å². The van der Waals surface area contributed by atoms with Crippen LogP contribution in [0.15, 0.2) is 24.3 Å². The number of carbonyl (C=O) groups excluding carboxylic acids is 1. The van der Waals surface area contributed by atoms with E-state index in [1.807, 2.05) is 0 Å². The number of aliphatic carboxylic acids is 1. The van der Waals surface area contributed by atoms with Gasteiger partial charge in [0.2, 0.25) is 0 Å². The molecule has 5 nitrogen and oxygen atoms in total. The molecule has 0 aromatic heterocycles. The number of para-hydroxylation sites is 1. The van der Waals surface area contributed by atoms with Gasteiger partial charge in [0.15, 0.2) is 0 Å². The molecule has 0 heterocycles. The van der Waals surface area contributed by atoms with Gasteiger partial charge in [0.05, 0.1) is 10.7 Å². The number of carbonyl (C=O) groups is 2. The molecule has 0 fully saturated rings. The minimum atomic E-state index is -1.07. The first-order valence-electron chi connectivity index (χ1n) is 5.46. The lowest BCUT2D eigenvalue weighted by Gasteiger charge is -2.18. The van der Waals surface area contributed by atoms with E-state index in [9.17, 15) is 9.59 Å². The van der Waals surface area contributed by atoms with Crippen LogP contribution in [0.25, 0.3) is 0 Å². The SMILES string of the molecule is CC(C)[C@H](NC(=O)Nc1ccccc1Cl)C(=O)O. The predicted molar refractivity (Wildman–Crippen MR) is 69.9 cm³/mol. The zero-order chi connectivity index (χ0) is 13.7. The van der Waals surface area contributed by atoms with Crippen LogP contribution in [0.4, 0.5) is 10.5 Å². The highest BCUT2D eigenvalue weighted by Crippen LogP contribution is 2.20. The largest absolute Gasteiger partial charge is 0.480 e. The van der Waals surface area contributed by atoms with Gasteiger partial charge >= 0.3 is 12.0 Å². The minimum absolute atomic E-state index is 0.209. The van der Waals surface area contributed by atoms with Crippen LogP contribution in [0.5, 0.6) is 0 Å². The number of nitrogens with one attached hydrogen (secondary N) is 2. The highest BCUT2D eigenvalue weighted by Gasteiger charge is 2.23. The highest BCUT2D eigenvalue weighted by atomic mass is 35.5. The fraction of sp³-hybridized carbons (Fsp3) is 0.333. The molecule has 0 saturated heterocycles. The summed E-state index contributed by atoms with van der Waals surface area (Å²) in [5.74, 6) is -1.28. The van der Waals surface area contributed by atoms with Crippen LogP contribution >= 0.6 is 11.6 Å². The number of amides is 2. The zero-order valence-electron chi connectivity index (χ0n) is 10.1. The molecule has 0 aliphatic carbocycles. The van der Waals surface area contributed by atoms with E-state index < -0.39 is 18.0 Å². The molecule has 1 aromatic rings. The minimum Gasteiger partial charge on any atom is -0.480 e. The lowest BCUT2D eigenvalue weighted by molar-refractivity contribution is -0.140. The first kappa shape index (κ1) is 14.3. The summed E-state index contributed by atoms with van der Waals surface area (Å²) in [6.45, 7) is 3.43. The Morgan fingerprint density at radius 2 is 1.89 bits per heavy atom. The van der Waals surface area contributed by atoms with Gasteiger partial charge in [-0.15, -0.1) is 0 Å². The van der Waals surface area contributed by atoms with Crippen molar-refractivity contribution in [2.45, 2.75) is 19.9 Å². The summed E-state index contributed by atoms with van der Waals surface area (Å²) in [7, 11) is 0. The molecule has 0 unspecified atom stereocenters. The van der Waals surface area contributed by atoms with E-state index in [0.29, 0.717) is 10.7 Å². The van der Waals surface area contributed by atoms with Crippen molar-refractivity contribution >= 4 is 29.3 Å². The molecule has 0 saturated carbocycles. The van der Waals surface area contributed by atoms with Gasteiger partial charge in [-0.3, -0.25) is 0 Å². The van der Waals surface area contributed by atoms with Crippen LogP contribution in [-0.2, 0) is 4.79 Å². The molecule has 3 N–H and O–H groups in total. The third-order valence-electron chi connectivity index (χ3n) is 2.34. The second-order valence-corrected chi connectivity index (χ2v) is 4.55. The smallest absolute Gasteiger partial charge is 0.326 e. The number of carboxylic acid groups (broad SMARTS) is 1. The third-order valence-corrected chi connectivity index (χ3v) is 2.67. The summed E-state index contributed by atoms with van der Waals surface area (Å²) in [6, 6.07) is 5.19. The number of carboxylic acids is 1. The molecule has 2 amide bonds. The van der Waals surface area contributed by atoms with Crippen LogP contribution in [0.2, 0.25) is 5.02 Å². The summed E-state index contributed by atoms with van der Waals surface area (Å²) in [5.41, 5.74) is 0.435. The van der Waals surface area contributed by atoms with Crippen molar-refractivity contribution in [3.63, 3.8) is 0 Å². The molecular weight excluding hydrogens is 256 g/mol. The Bertz CT molecular complexity index is 449. The molecule has 0 aliphatic rings. The fourth-order valence-electron chi connectivity index (χ4n) is 1.38. The topological polar surface area (TPSA) is 78.4 Å². The average Bonchev–Trinajstić information content (AvgIpc) is 2.28. The van der Waals surface area contributed by atoms with E-state index in [2.05, 4.69) is 10.6 Å². The van der Waals surface area contributed by atoms with Crippen molar-refractivity contribution in [2.75, 3.05) is 5.32 Å². The molecule has 0 radical (unpaired) electrons.